The maximum atomic E-state index is 11.5. The van der Waals surface area contributed by atoms with Crippen LogP contribution in [0.4, 0.5) is 5.69 Å². The summed E-state index contributed by atoms with van der Waals surface area (Å²) in [5.41, 5.74) is 3.03. The molecule has 1 fully saturated rings. The lowest BCUT2D eigenvalue weighted by atomic mass is 10.1. The number of nitrogens with zero attached hydrogens (tertiary/aromatic N) is 2. The Labute approximate surface area is 208 Å². The normalized spacial score (nSPS) is 18.6. The molecule has 2 aromatic rings. The number of benzene rings is 2. The van der Waals surface area contributed by atoms with Gasteiger partial charge in [-0.2, -0.15) is 0 Å². The van der Waals surface area contributed by atoms with Crippen LogP contribution in [0.1, 0.15) is 31.4 Å². The number of methoxy groups -OCH3 is 1. The molecule has 32 heavy (non-hydrogen) atoms. The van der Waals surface area contributed by atoms with Crippen molar-refractivity contribution < 1.29 is 9.53 Å². The maximum absolute atomic E-state index is 11.5. The van der Waals surface area contributed by atoms with E-state index in [1.807, 2.05) is 18.2 Å². The predicted molar refractivity (Wildman–Crippen MR) is 141 cm³/mol. The van der Waals surface area contributed by atoms with E-state index in [2.05, 4.69) is 63.1 Å². The van der Waals surface area contributed by atoms with Crippen LogP contribution in [0.3, 0.4) is 0 Å². The molecule has 7 nitrogen and oxygen atoms in total. The fourth-order valence-corrected chi connectivity index (χ4v) is 3.97. The second-order valence-electron chi connectivity index (χ2n) is 7.98. The summed E-state index contributed by atoms with van der Waals surface area (Å²) in [6, 6.07) is 17.2. The number of nitrogens with one attached hydrogen (secondary N) is 3. The summed E-state index contributed by atoms with van der Waals surface area (Å²) in [6.45, 7) is 6.30. The van der Waals surface area contributed by atoms with Crippen molar-refractivity contribution in [1.82, 2.24) is 15.5 Å². The first-order chi connectivity index (χ1) is 15.0. The number of likely N-dealkylation sites (tertiary alicyclic amines) is 1. The lowest BCUT2D eigenvalue weighted by molar-refractivity contribution is -0.114. The van der Waals surface area contributed by atoms with Gasteiger partial charge in [-0.05, 0) is 36.6 Å². The van der Waals surface area contributed by atoms with Gasteiger partial charge in [0.2, 0.25) is 5.91 Å². The molecule has 0 saturated carbocycles. The number of rotatable bonds is 7. The summed E-state index contributed by atoms with van der Waals surface area (Å²) in [4.78, 5) is 18.3. The van der Waals surface area contributed by atoms with E-state index in [9.17, 15) is 4.79 Å². The van der Waals surface area contributed by atoms with Crippen molar-refractivity contribution in [2.75, 3.05) is 26.0 Å². The molecule has 1 amide bonds. The lowest BCUT2D eigenvalue weighted by Gasteiger charge is -2.21. The lowest BCUT2D eigenvalue weighted by Crippen LogP contribution is -2.44. The minimum Gasteiger partial charge on any atom is -0.495 e. The number of halogens is 1. The van der Waals surface area contributed by atoms with Crippen LogP contribution in [0.15, 0.2) is 53.5 Å². The fourth-order valence-electron chi connectivity index (χ4n) is 3.97. The van der Waals surface area contributed by atoms with Crippen molar-refractivity contribution in [2.24, 2.45) is 4.99 Å². The first-order valence-electron chi connectivity index (χ1n) is 10.7. The van der Waals surface area contributed by atoms with Crippen LogP contribution >= 0.6 is 24.0 Å². The van der Waals surface area contributed by atoms with Crippen molar-refractivity contribution in [3.05, 3.63) is 59.7 Å². The van der Waals surface area contributed by atoms with Gasteiger partial charge in [0.25, 0.3) is 0 Å². The molecule has 0 aromatic heterocycles. The zero-order valence-corrected chi connectivity index (χ0v) is 21.6. The molecule has 0 bridgehead atoms. The van der Waals surface area contributed by atoms with Crippen LogP contribution in [0, 0.1) is 0 Å². The third-order valence-electron chi connectivity index (χ3n) is 5.53. The molecule has 0 spiro atoms. The van der Waals surface area contributed by atoms with Crippen molar-refractivity contribution >= 4 is 41.5 Å². The number of aliphatic imine (C=N–C) groups is 1. The molecule has 0 radical (unpaired) electrons. The predicted octanol–water partition coefficient (Wildman–Crippen LogP) is 3.60. The Morgan fingerprint density at radius 1 is 1.19 bits per heavy atom. The number of hydrogen-bond donors (Lipinski definition) is 3. The Morgan fingerprint density at radius 3 is 2.59 bits per heavy atom. The highest BCUT2D eigenvalue weighted by atomic mass is 127. The van der Waals surface area contributed by atoms with Gasteiger partial charge in [0.15, 0.2) is 5.96 Å². The van der Waals surface area contributed by atoms with Gasteiger partial charge in [-0.25, -0.2) is 0 Å². The minimum atomic E-state index is -0.128. The molecule has 174 valence electrons. The largest absolute Gasteiger partial charge is 0.495 e. The molecule has 2 aromatic carbocycles. The Morgan fingerprint density at radius 2 is 1.94 bits per heavy atom. The quantitative estimate of drug-likeness (QED) is 0.279. The summed E-state index contributed by atoms with van der Waals surface area (Å²) >= 11 is 0. The monoisotopic (exact) mass is 551 g/mol. The summed E-state index contributed by atoms with van der Waals surface area (Å²) in [5.74, 6) is 1.28. The van der Waals surface area contributed by atoms with Crippen molar-refractivity contribution in [2.45, 2.75) is 45.4 Å². The second kappa shape index (κ2) is 12.6. The van der Waals surface area contributed by atoms with Gasteiger partial charge < -0.3 is 20.7 Å². The molecule has 1 aliphatic rings. The van der Waals surface area contributed by atoms with Crippen LogP contribution in [-0.4, -0.2) is 49.6 Å². The average molecular weight is 551 g/mol. The van der Waals surface area contributed by atoms with Crippen molar-refractivity contribution in [3.63, 3.8) is 0 Å². The molecular weight excluding hydrogens is 517 g/mol. The maximum Gasteiger partial charge on any atom is 0.221 e. The topological polar surface area (TPSA) is 78.0 Å². The summed E-state index contributed by atoms with van der Waals surface area (Å²) in [5, 5.41) is 9.74. The standard InChI is InChI=1S/C24H33N5O2.HI/c1-17-12-21(16-29(17)15-19-8-6-5-7-9-19)28-24(25-3)26-14-20-10-11-23(31-4)22(13-20)27-18(2)30;/h5-11,13,17,21H,12,14-16H2,1-4H3,(H,27,30)(H2,25,26,28);1H. The van der Waals surface area contributed by atoms with Crippen molar-refractivity contribution in [3.8, 4) is 5.75 Å². The van der Waals surface area contributed by atoms with Gasteiger partial charge in [-0.3, -0.25) is 14.7 Å². The number of anilines is 1. The number of carbonyl (C=O) groups excluding carboxylic acids is 1. The molecule has 1 aliphatic heterocycles. The first-order valence-corrected chi connectivity index (χ1v) is 10.7. The molecule has 2 unspecified atom stereocenters. The van der Waals surface area contributed by atoms with E-state index in [1.165, 1.54) is 12.5 Å². The van der Waals surface area contributed by atoms with Gasteiger partial charge >= 0.3 is 0 Å². The SMILES string of the molecule is CN=C(NCc1ccc(OC)c(NC(C)=O)c1)NC1CC(C)N(Cc2ccccc2)C1.I. The van der Waals surface area contributed by atoms with Gasteiger partial charge in [-0.15, -0.1) is 24.0 Å². The van der Waals surface area contributed by atoms with E-state index >= 15 is 0 Å². The smallest absolute Gasteiger partial charge is 0.221 e. The van der Waals surface area contributed by atoms with Crippen molar-refractivity contribution in [1.29, 1.82) is 0 Å². The molecular formula is C24H34IN5O2. The van der Waals surface area contributed by atoms with E-state index in [4.69, 9.17) is 4.74 Å². The molecule has 3 N–H and O–H groups in total. The molecule has 3 rings (SSSR count). The van der Waals surface area contributed by atoms with Crippen LogP contribution in [0.5, 0.6) is 5.75 Å². The number of amides is 1. The molecule has 1 saturated heterocycles. The third kappa shape index (κ3) is 7.37. The highest BCUT2D eigenvalue weighted by Crippen LogP contribution is 2.25. The number of hydrogen-bond acceptors (Lipinski definition) is 4. The Hall–Kier alpha value is -2.33. The summed E-state index contributed by atoms with van der Waals surface area (Å²) < 4.78 is 5.32. The Kier molecular flexibility index (Phi) is 10.2. The number of guanidine groups is 1. The number of ether oxygens (including phenoxy) is 1. The van der Waals surface area contributed by atoms with E-state index in [1.54, 1.807) is 14.2 Å². The second-order valence-corrected chi connectivity index (χ2v) is 7.98. The van der Waals surface area contributed by atoms with Gasteiger partial charge in [0, 0.05) is 45.7 Å². The average Bonchev–Trinajstić information content (AvgIpc) is 3.10. The van der Waals surface area contributed by atoms with Gasteiger partial charge in [0.05, 0.1) is 12.8 Å². The Bertz CT molecular complexity index is 907. The van der Waals surface area contributed by atoms with E-state index in [0.29, 0.717) is 30.1 Å². The molecule has 0 aliphatic carbocycles. The summed E-state index contributed by atoms with van der Waals surface area (Å²) in [6.07, 6.45) is 1.07. The highest BCUT2D eigenvalue weighted by molar-refractivity contribution is 14.0. The minimum absolute atomic E-state index is 0. The highest BCUT2D eigenvalue weighted by Gasteiger charge is 2.29. The van der Waals surface area contributed by atoms with Crippen LogP contribution < -0.4 is 20.7 Å². The van der Waals surface area contributed by atoms with Crippen LogP contribution in [-0.2, 0) is 17.9 Å². The number of carbonyl (C=O) groups is 1. The van der Waals surface area contributed by atoms with Crippen LogP contribution in [0.25, 0.3) is 0 Å². The summed E-state index contributed by atoms with van der Waals surface area (Å²) in [7, 11) is 3.38. The van der Waals surface area contributed by atoms with E-state index in [0.717, 1.165) is 31.0 Å². The molecule has 2 atom stereocenters. The first kappa shape index (κ1) is 25.9. The zero-order chi connectivity index (χ0) is 22.2. The Balaban J connectivity index is 0.00000363. The van der Waals surface area contributed by atoms with Gasteiger partial charge in [0.1, 0.15) is 5.75 Å². The van der Waals surface area contributed by atoms with Gasteiger partial charge in [-0.1, -0.05) is 36.4 Å². The zero-order valence-electron chi connectivity index (χ0n) is 19.2. The molecule has 8 heteroatoms. The fraction of sp³-hybridized carbons (Fsp3) is 0.417. The van der Waals surface area contributed by atoms with E-state index in [-0.39, 0.29) is 29.9 Å². The molecule has 1 heterocycles. The van der Waals surface area contributed by atoms with Crippen LogP contribution in [0.2, 0.25) is 0 Å². The third-order valence-corrected chi connectivity index (χ3v) is 5.53. The van der Waals surface area contributed by atoms with E-state index < -0.39 is 0 Å².